The van der Waals surface area contributed by atoms with Crippen molar-refractivity contribution in [2.45, 2.75) is 13.2 Å². The third-order valence-corrected chi connectivity index (χ3v) is 5.87. The van der Waals surface area contributed by atoms with Crippen LogP contribution in [0.2, 0.25) is 0 Å². The standard InChI is InChI=1S/C22H16N4O4S/c27-20-14-10-17(21(28)30-12-18-23-15-8-4-5-9-16(15)24-18)31-19(14)25-22(29)26(20)11-13-6-2-1-3-7-13/h1-10H,11-12H2,(H,23,24)(H,25,29). The summed E-state index contributed by atoms with van der Waals surface area (Å²) in [6, 6.07) is 18.2. The fraction of sp³-hybridized carbons (Fsp3) is 0.0909. The van der Waals surface area contributed by atoms with Crippen LogP contribution in [0.1, 0.15) is 21.1 Å². The predicted octanol–water partition coefficient (Wildman–Crippen LogP) is 3.03. The highest BCUT2D eigenvalue weighted by molar-refractivity contribution is 7.20. The van der Waals surface area contributed by atoms with Crippen molar-refractivity contribution in [1.82, 2.24) is 19.5 Å². The van der Waals surface area contributed by atoms with Crippen LogP contribution in [0, 0.1) is 0 Å². The topological polar surface area (TPSA) is 110 Å². The average Bonchev–Trinajstić information content (AvgIpc) is 3.39. The summed E-state index contributed by atoms with van der Waals surface area (Å²) in [6.07, 6.45) is 0. The van der Waals surface area contributed by atoms with Gasteiger partial charge < -0.3 is 9.72 Å². The number of benzene rings is 2. The van der Waals surface area contributed by atoms with E-state index in [1.165, 1.54) is 6.07 Å². The summed E-state index contributed by atoms with van der Waals surface area (Å²) >= 11 is 1.01. The molecule has 0 saturated heterocycles. The zero-order chi connectivity index (χ0) is 21.4. The first-order chi connectivity index (χ1) is 15.1. The van der Waals surface area contributed by atoms with E-state index in [4.69, 9.17) is 4.74 Å². The zero-order valence-corrected chi connectivity index (χ0v) is 16.9. The number of hydrogen-bond acceptors (Lipinski definition) is 6. The van der Waals surface area contributed by atoms with Crippen molar-refractivity contribution < 1.29 is 9.53 Å². The number of nitrogens with one attached hydrogen (secondary N) is 2. The molecule has 3 heterocycles. The van der Waals surface area contributed by atoms with E-state index in [0.717, 1.165) is 32.5 Å². The van der Waals surface area contributed by atoms with Crippen molar-refractivity contribution in [2.75, 3.05) is 0 Å². The quantitative estimate of drug-likeness (QED) is 0.415. The number of nitrogens with zero attached hydrogens (tertiary/aromatic N) is 2. The minimum Gasteiger partial charge on any atom is -0.453 e. The van der Waals surface area contributed by atoms with Crippen LogP contribution in [0.25, 0.3) is 21.3 Å². The number of para-hydroxylation sites is 2. The first kappa shape index (κ1) is 19.0. The summed E-state index contributed by atoms with van der Waals surface area (Å²) in [4.78, 5) is 48.5. The number of aromatic nitrogens is 4. The second-order valence-corrected chi connectivity index (χ2v) is 7.99. The minimum atomic E-state index is -0.587. The molecule has 2 N–H and O–H groups in total. The van der Waals surface area contributed by atoms with Gasteiger partial charge in [0.05, 0.1) is 23.0 Å². The Morgan fingerprint density at radius 1 is 1.03 bits per heavy atom. The van der Waals surface area contributed by atoms with Crippen LogP contribution >= 0.6 is 11.3 Å². The van der Waals surface area contributed by atoms with Crippen LogP contribution in [0.5, 0.6) is 0 Å². The molecule has 0 aliphatic heterocycles. The number of thiophene rings is 1. The fourth-order valence-corrected chi connectivity index (χ4v) is 4.27. The van der Waals surface area contributed by atoms with Gasteiger partial charge in [0.15, 0.2) is 0 Å². The van der Waals surface area contributed by atoms with E-state index in [9.17, 15) is 14.4 Å². The van der Waals surface area contributed by atoms with E-state index in [-0.39, 0.29) is 23.4 Å². The van der Waals surface area contributed by atoms with Gasteiger partial charge >= 0.3 is 11.7 Å². The normalized spacial score (nSPS) is 11.2. The lowest BCUT2D eigenvalue weighted by molar-refractivity contribution is 0.0469. The first-order valence-corrected chi connectivity index (χ1v) is 10.3. The maximum absolute atomic E-state index is 12.9. The molecule has 9 heteroatoms. The van der Waals surface area contributed by atoms with Gasteiger partial charge in [-0.2, -0.15) is 0 Å². The molecular weight excluding hydrogens is 416 g/mol. The number of fused-ring (bicyclic) bond motifs is 2. The molecule has 0 aliphatic carbocycles. The Balaban J connectivity index is 1.39. The SMILES string of the molecule is O=C(OCc1nc2ccccc2[nH]1)c1cc2c(=O)n(Cc3ccccc3)c(=O)[nH]c2s1. The molecular formula is C22H16N4O4S. The summed E-state index contributed by atoms with van der Waals surface area (Å²) in [5.74, 6) is -0.0641. The van der Waals surface area contributed by atoms with E-state index in [1.807, 2.05) is 54.6 Å². The summed E-state index contributed by atoms with van der Waals surface area (Å²) in [5, 5.41) is 0.274. The Morgan fingerprint density at radius 3 is 2.61 bits per heavy atom. The van der Waals surface area contributed by atoms with Gasteiger partial charge in [-0.3, -0.25) is 14.3 Å². The second kappa shape index (κ2) is 7.69. The number of esters is 1. The largest absolute Gasteiger partial charge is 0.453 e. The number of aromatic amines is 2. The van der Waals surface area contributed by atoms with Crippen LogP contribution in [0.15, 0.2) is 70.3 Å². The molecule has 0 unspecified atom stereocenters. The van der Waals surface area contributed by atoms with E-state index < -0.39 is 17.2 Å². The van der Waals surface area contributed by atoms with Gasteiger partial charge in [-0.1, -0.05) is 42.5 Å². The van der Waals surface area contributed by atoms with Crippen molar-refractivity contribution >= 4 is 38.6 Å². The Hall–Kier alpha value is -3.98. The molecule has 154 valence electrons. The Labute approximate surface area is 178 Å². The summed E-state index contributed by atoms with van der Waals surface area (Å²) in [5.41, 5.74) is 1.50. The van der Waals surface area contributed by atoms with Gasteiger partial charge in [0.25, 0.3) is 5.56 Å². The lowest BCUT2D eigenvalue weighted by Crippen LogP contribution is -2.34. The monoisotopic (exact) mass is 432 g/mol. The zero-order valence-electron chi connectivity index (χ0n) is 16.1. The molecule has 0 fully saturated rings. The maximum atomic E-state index is 12.9. The third kappa shape index (κ3) is 3.66. The molecule has 0 aliphatic rings. The van der Waals surface area contributed by atoms with Gasteiger partial charge in [0.1, 0.15) is 22.1 Å². The fourth-order valence-electron chi connectivity index (χ4n) is 3.33. The van der Waals surface area contributed by atoms with E-state index >= 15 is 0 Å². The molecule has 3 aromatic heterocycles. The van der Waals surface area contributed by atoms with Crippen molar-refractivity contribution in [1.29, 1.82) is 0 Å². The smallest absolute Gasteiger partial charge is 0.348 e. The van der Waals surface area contributed by atoms with Gasteiger partial charge in [0, 0.05) is 0 Å². The Kier molecular flexibility index (Phi) is 4.72. The third-order valence-electron chi connectivity index (χ3n) is 4.84. The van der Waals surface area contributed by atoms with Crippen LogP contribution in [0.3, 0.4) is 0 Å². The van der Waals surface area contributed by atoms with Crippen molar-refractivity contribution in [2.24, 2.45) is 0 Å². The van der Waals surface area contributed by atoms with Crippen LogP contribution in [0.4, 0.5) is 0 Å². The molecule has 0 radical (unpaired) electrons. The first-order valence-electron chi connectivity index (χ1n) is 9.50. The highest BCUT2D eigenvalue weighted by Crippen LogP contribution is 2.21. The Morgan fingerprint density at radius 2 is 1.81 bits per heavy atom. The van der Waals surface area contributed by atoms with Gasteiger partial charge in [-0.25, -0.2) is 14.6 Å². The molecule has 0 atom stereocenters. The number of carbonyl (C=O) groups excluding carboxylic acids is 1. The molecule has 5 aromatic rings. The lowest BCUT2D eigenvalue weighted by Gasteiger charge is -2.04. The Bertz CT molecular complexity index is 1500. The number of imidazole rings is 1. The molecule has 5 rings (SSSR count). The molecule has 0 spiro atoms. The highest BCUT2D eigenvalue weighted by Gasteiger charge is 2.17. The van der Waals surface area contributed by atoms with Crippen LogP contribution in [-0.4, -0.2) is 25.5 Å². The number of ether oxygens (including phenoxy) is 1. The molecule has 0 amide bonds. The summed E-state index contributed by atoms with van der Waals surface area (Å²) in [7, 11) is 0. The summed E-state index contributed by atoms with van der Waals surface area (Å²) < 4.78 is 6.47. The lowest BCUT2D eigenvalue weighted by atomic mass is 10.2. The van der Waals surface area contributed by atoms with E-state index in [1.54, 1.807) is 0 Å². The van der Waals surface area contributed by atoms with Crippen molar-refractivity contribution in [3.05, 3.63) is 97.8 Å². The van der Waals surface area contributed by atoms with Crippen LogP contribution < -0.4 is 11.2 Å². The van der Waals surface area contributed by atoms with E-state index in [0.29, 0.717) is 10.7 Å². The number of H-pyrrole nitrogens is 2. The molecule has 0 bridgehead atoms. The minimum absolute atomic E-state index is 0.0312. The second-order valence-electron chi connectivity index (χ2n) is 6.94. The van der Waals surface area contributed by atoms with E-state index in [2.05, 4.69) is 15.0 Å². The number of carbonyl (C=O) groups is 1. The van der Waals surface area contributed by atoms with Crippen molar-refractivity contribution in [3.63, 3.8) is 0 Å². The predicted molar refractivity (Wildman–Crippen MR) is 117 cm³/mol. The van der Waals surface area contributed by atoms with Gasteiger partial charge in [-0.05, 0) is 23.8 Å². The average molecular weight is 432 g/mol. The molecule has 2 aromatic carbocycles. The van der Waals surface area contributed by atoms with Gasteiger partial charge in [0.2, 0.25) is 0 Å². The summed E-state index contributed by atoms with van der Waals surface area (Å²) in [6.45, 7) is 0.114. The molecule has 8 nitrogen and oxygen atoms in total. The maximum Gasteiger partial charge on any atom is 0.348 e. The van der Waals surface area contributed by atoms with Crippen LogP contribution in [-0.2, 0) is 17.9 Å². The number of rotatable bonds is 5. The number of hydrogen-bond donors (Lipinski definition) is 2. The molecule has 31 heavy (non-hydrogen) atoms. The molecule has 0 saturated carbocycles. The van der Waals surface area contributed by atoms with Crippen molar-refractivity contribution in [3.8, 4) is 0 Å². The highest BCUT2D eigenvalue weighted by atomic mass is 32.1. The van der Waals surface area contributed by atoms with Gasteiger partial charge in [-0.15, -0.1) is 11.3 Å².